The summed E-state index contributed by atoms with van der Waals surface area (Å²) in [5.74, 6) is 0.740. The molecule has 6 heteroatoms. The summed E-state index contributed by atoms with van der Waals surface area (Å²) in [5.41, 5.74) is 7.52. The average molecular weight is 302 g/mol. The summed E-state index contributed by atoms with van der Waals surface area (Å²) in [4.78, 5) is 18.3. The van der Waals surface area contributed by atoms with Crippen LogP contribution in [0, 0.1) is 0 Å². The van der Waals surface area contributed by atoms with Crippen LogP contribution in [0.15, 0.2) is 24.3 Å². The van der Waals surface area contributed by atoms with Crippen LogP contribution in [0.3, 0.4) is 0 Å². The molecule has 2 N–H and O–H groups in total. The first-order valence-corrected chi connectivity index (χ1v) is 7.73. The number of primary amides is 1. The van der Waals surface area contributed by atoms with E-state index in [1.807, 2.05) is 18.2 Å². The zero-order valence-electron chi connectivity index (χ0n) is 12.9. The number of morpholine rings is 1. The molecule has 1 aromatic carbocycles. The van der Waals surface area contributed by atoms with Gasteiger partial charge in [-0.1, -0.05) is 12.1 Å². The molecule has 0 spiro atoms. The number of hydrogen-bond acceptors (Lipinski definition) is 4. The van der Waals surface area contributed by atoms with Crippen LogP contribution >= 0.6 is 0 Å². The van der Waals surface area contributed by atoms with E-state index >= 15 is 0 Å². The highest BCUT2D eigenvalue weighted by atomic mass is 16.5. The van der Waals surface area contributed by atoms with Gasteiger partial charge in [-0.3, -0.25) is 9.69 Å². The molecule has 1 fully saturated rings. The van der Waals surface area contributed by atoms with Gasteiger partial charge in [0.05, 0.1) is 30.8 Å². The molecule has 1 atom stereocenters. The van der Waals surface area contributed by atoms with Crippen molar-refractivity contribution < 1.29 is 9.53 Å². The minimum absolute atomic E-state index is 0.0383. The molecule has 0 bridgehead atoms. The Morgan fingerprint density at radius 3 is 3.05 bits per heavy atom. The van der Waals surface area contributed by atoms with Crippen molar-refractivity contribution in [2.45, 2.75) is 32.5 Å². The summed E-state index contributed by atoms with van der Waals surface area (Å²) in [5, 5.41) is 0. The minimum Gasteiger partial charge on any atom is -0.378 e. The number of aromatic nitrogens is 2. The normalized spacial score (nSPS) is 19.6. The van der Waals surface area contributed by atoms with E-state index in [4.69, 9.17) is 15.5 Å². The number of nitrogens with zero attached hydrogens (tertiary/aromatic N) is 3. The highest BCUT2D eigenvalue weighted by molar-refractivity contribution is 5.76. The van der Waals surface area contributed by atoms with Gasteiger partial charge in [-0.2, -0.15) is 0 Å². The van der Waals surface area contributed by atoms with Crippen molar-refractivity contribution in [1.82, 2.24) is 14.5 Å². The fourth-order valence-electron chi connectivity index (χ4n) is 3.10. The lowest BCUT2D eigenvalue weighted by Crippen LogP contribution is -2.47. The van der Waals surface area contributed by atoms with Crippen LogP contribution in [-0.4, -0.2) is 46.2 Å². The van der Waals surface area contributed by atoms with Crippen LogP contribution in [0.5, 0.6) is 0 Å². The summed E-state index contributed by atoms with van der Waals surface area (Å²) in [6.45, 7) is 5.74. The Bertz CT molecular complexity index is 667. The van der Waals surface area contributed by atoms with E-state index in [0.29, 0.717) is 26.2 Å². The Balaban J connectivity index is 1.86. The topological polar surface area (TPSA) is 73.4 Å². The lowest BCUT2D eigenvalue weighted by atomic mass is 10.1. The van der Waals surface area contributed by atoms with Gasteiger partial charge in [-0.25, -0.2) is 4.98 Å². The second-order valence-corrected chi connectivity index (χ2v) is 5.63. The number of aryl methyl sites for hydroxylation is 1. The maximum atomic E-state index is 11.2. The van der Waals surface area contributed by atoms with Crippen LogP contribution in [-0.2, 0) is 22.6 Å². The standard InChI is InChI=1S/C16H22N4O2/c1-2-20-14-6-4-3-5-13(14)18-16(20)10-19-7-8-22-11-12(19)9-15(17)21/h3-6,12H,2,7-11H2,1H3,(H2,17,21). The smallest absolute Gasteiger partial charge is 0.219 e. The van der Waals surface area contributed by atoms with E-state index in [-0.39, 0.29) is 11.9 Å². The lowest BCUT2D eigenvalue weighted by molar-refractivity contribution is -0.121. The molecule has 1 aliphatic rings. The average Bonchev–Trinajstić information content (AvgIpc) is 2.86. The first-order valence-electron chi connectivity index (χ1n) is 7.73. The zero-order chi connectivity index (χ0) is 15.5. The molecule has 118 valence electrons. The van der Waals surface area contributed by atoms with Gasteiger partial charge in [0.25, 0.3) is 0 Å². The number of nitrogens with two attached hydrogens (primary N) is 1. The minimum atomic E-state index is -0.288. The molecular weight excluding hydrogens is 280 g/mol. The van der Waals surface area contributed by atoms with Gasteiger partial charge in [-0.15, -0.1) is 0 Å². The Hall–Kier alpha value is -1.92. The van der Waals surface area contributed by atoms with Crippen molar-refractivity contribution in [3.05, 3.63) is 30.1 Å². The molecule has 1 unspecified atom stereocenters. The summed E-state index contributed by atoms with van der Waals surface area (Å²) >= 11 is 0. The molecule has 22 heavy (non-hydrogen) atoms. The van der Waals surface area contributed by atoms with E-state index in [2.05, 4.69) is 22.5 Å². The van der Waals surface area contributed by atoms with Gasteiger partial charge in [0.2, 0.25) is 5.91 Å². The van der Waals surface area contributed by atoms with Gasteiger partial charge in [0, 0.05) is 25.6 Å². The third-order valence-electron chi connectivity index (χ3n) is 4.18. The summed E-state index contributed by atoms with van der Waals surface area (Å²) in [7, 11) is 0. The molecule has 2 heterocycles. The summed E-state index contributed by atoms with van der Waals surface area (Å²) < 4.78 is 7.72. The Kier molecular flexibility index (Phi) is 4.40. The number of ether oxygens (including phenoxy) is 1. The molecule has 1 aromatic heterocycles. The van der Waals surface area contributed by atoms with Crippen molar-refractivity contribution in [3.8, 4) is 0 Å². The number of amides is 1. The zero-order valence-corrected chi connectivity index (χ0v) is 12.9. The second kappa shape index (κ2) is 6.46. The molecule has 1 amide bonds. The van der Waals surface area contributed by atoms with Gasteiger partial charge >= 0.3 is 0 Å². The predicted octanol–water partition coefficient (Wildman–Crippen LogP) is 1.13. The third kappa shape index (κ3) is 2.98. The monoisotopic (exact) mass is 302 g/mol. The van der Waals surface area contributed by atoms with Crippen LogP contribution in [0.2, 0.25) is 0 Å². The highest BCUT2D eigenvalue weighted by Crippen LogP contribution is 2.19. The Labute approximate surface area is 129 Å². The fourth-order valence-corrected chi connectivity index (χ4v) is 3.10. The van der Waals surface area contributed by atoms with E-state index in [0.717, 1.165) is 29.9 Å². The number of imidazole rings is 1. The van der Waals surface area contributed by atoms with Crippen LogP contribution in [0.4, 0.5) is 0 Å². The number of hydrogen-bond donors (Lipinski definition) is 1. The number of fused-ring (bicyclic) bond motifs is 1. The molecule has 0 saturated carbocycles. The second-order valence-electron chi connectivity index (χ2n) is 5.63. The quantitative estimate of drug-likeness (QED) is 0.898. The SMILES string of the molecule is CCn1c(CN2CCOCC2CC(N)=O)nc2ccccc21. The Morgan fingerprint density at radius 1 is 1.45 bits per heavy atom. The van der Waals surface area contributed by atoms with Gasteiger partial charge in [-0.05, 0) is 19.1 Å². The molecule has 2 aromatic rings. The van der Waals surface area contributed by atoms with Gasteiger partial charge < -0.3 is 15.0 Å². The molecule has 0 radical (unpaired) electrons. The maximum Gasteiger partial charge on any atom is 0.219 e. The molecule has 6 nitrogen and oxygen atoms in total. The van der Waals surface area contributed by atoms with Crippen molar-refractivity contribution >= 4 is 16.9 Å². The molecular formula is C16H22N4O2. The molecule has 3 rings (SSSR count). The molecule has 0 aliphatic carbocycles. The van der Waals surface area contributed by atoms with Crippen LogP contribution < -0.4 is 5.73 Å². The lowest BCUT2D eigenvalue weighted by Gasteiger charge is -2.34. The Morgan fingerprint density at radius 2 is 2.27 bits per heavy atom. The predicted molar refractivity (Wildman–Crippen MR) is 84.2 cm³/mol. The van der Waals surface area contributed by atoms with Crippen molar-refractivity contribution in [2.24, 2.45) is 5.73 Å². The van der Waals surface area contributed by atoms with Crippen molar-refractivity contribution in [2.75, 3.05) is 19.8 Å². The molecule has 1 saturated heterocycles. The largest absolute Gasteiger partial charge is 0.378 e. The number of carbonyl (C=O) groups excluding carboxylic acids is 1. The van der Waals surface area contributed by atoms with Crippen LogP contribution in [0.25, 0.3) is 11.0 Å². The van der Waals surface area contributed by atoms with E-state index in [1.165, 1.54) is 0 Å². The van der Waals surface area contributed by atoms with Crippen molar-refractivity contribution in [3.63, 3.8) is 0 Å². The number of benzene rings is 1. The maximum absolute atomic E-state index is 11.2. The summed E-state index contributed by atoms with van der Waals surface area (Å²) in [6, 6.07) is 8.20. The van der Waals surface area contributed by atoms with Crippen molar-refractivity contribution in [1.29, 1.82) is 0 Å². The number of carbonyl (C=O) groups is 1. The first kappa shape index (κ1) is 15.0. The number of para-hydroxylation sites is 2. The number of rotatable bonds is 5. The first-order chi connectivity index (χ1) is 10.7. The highest BCUT2D eigenvalue weighted by Gasteiger charge is 2.26. The van der Waals surface area contributed by atoms with E-state index in [1.54, 1.807) is 0 Å². The van der Waals surface area contributed by atoms with Crippen LogP contribution in [0.1, 0.15) is 19.2 Å². The van der Waals surface area contributed by atoms with E-state index in [9.17, 15) is 4.79 Å². The fraction of sp³-hybridized carbons (Fsp3) is 0.500. The van der Waals surface area contributed by atoms with Gasteiger partial charge in [0.15, 0.2) is 0 Å². The van der Waals surface area contributed by atoms with Gasteiger partial charge in [0.1, 0.15) is 5.82 Å². The van der Waals surface area contributed by atoms with E-state index < -0.39 is 0 Å². The molecule has 1 aliphatic heterocycles. The third-order valence-corrected chi connectivity index (χ3v) is 4.18. The summed E-state index contributed by atoms with van der Waals surface area (Å²) in [6.07, 6.45) is 0.326.